The summed E-state index contributed by atoms with van der Waals surface area (Å²) in [6.07, 6.45) is 1.79. The summed E-state index contributed by atoms with van der Waals surface area (Å²) in [5, 5.41) is 21.0. The van der Waals surface area contributed by atoms with Crippen LogP contribution in [0.2, 0.25) is 0 Å². The van der Waals surface area contributed by atoms with E-state index in [1.165, 1.54) is 7.11 Å². The summed E-state index contributed by atoms with van der Waals surface area (Å²) < 4.78 is 5.02. The van der Waals surface area contributed by atoms with Crippen LogP contribution in [0.5, 0.6) is 11.5 Å². The SMILES string of the molecule is COc1ccc(CNc2ccc3[nH]ncc3c2)cc1O. The minimum absolute atomic E-state index is 0.150. The number of phenols is 1. The zero-order valence-corrected chi connectivity index (χ0v) is 11.1. The topological polar surface area (TPSA) is 70.2 Å². The Morgan fingerprint density at radius 2 is 2.15 bits per heavy atom. The number of benzene rings is 2. The van der Waals surface area contributed by atoms with Gasteiger partial charge in [-0.25, -0.2) is 0 Å². The Bertz CT molecular complexity index is 737. The quantitative estimate of drug-likeness (QED) is 0.681. The molecule has 0 amide bonds. The Morgan fingerprint density at radius 3 is 2.95 bits per heavy atom. The monoisotopic (exact) mass is 269 g/mol. The molecule has 0 aliphatic carbocycles. The van der Waals surface area contributed by atoms with Crippen LogP contribution in [0.3, 0.4) is 0 Å². The molecule has 5 nitrogen and oxygen atoms in total. The second kappa shape index (κ2) is 5.13. The second-order valence-electron chi connectivity index (χ2n) is 4.53. The average Bonchev–Trinajstić information content (AvgIpc) is 2.92. The van der Waals surface area contributed by atoms with E-state index >= 15 is 0 Å². The number of methoxy groups -OCH3 is 1. The fraction of sp³-hybridized carbons (Fsp3) is 0.133. The largest absolute Gasteiger partial charge is 0.504 e. The second-order valence-corrected chi connectivity index (χ2v) is 4.53. The first kappa shape index (κ1) is 12.3. The van der Waals surface area contributed by atoms with E-state index in [-0.39, 0.29) is 5.75 Å². The van der Waals surface area contributed by atoms with E-state index in [4.69, 9.17) is 4.74 Å². The summed E-state index contributed by atoms with van der Waals surface area (Å²) in [5.74, 6) is 0.630. The molecule has 0 radical (unpaired) electrons. The van der Waals surface area contributed by atoms with Gasteiger partial charge in [0.05, 0.1) is 18.8 Å². The highest BCUT2D eigenvalue weighted by molar-refractivity contribution is 5.81. The average molecular weight is 269 g/mol. The summed E-state index contributed by atoms with van der Waals surface area (Å²) >= 11 is 0. The van der Waals surface area contributed by atoms with Crippen molar-refractivity contribution in [3.63, 3.8) is 0 Å². The van der Waals surface area contributed by atoms with E-state index in [0.717, 1.165) is 22.2 Å². The number of fused-ring (bicyclic) bond motifs is 1. The highest BCUT2D eigenvalue weighted by atomic mass is 16.5. The predicted molar refractivity (Wildman–Crippen MR) is 78.1 cm³/mol. The standard InChI is InChI=1S/C15H15N3O2/c1-20-15-5-2-10(6-14(15)19)8-16-12-3-4-13-11(7-12)9-17-18-13/h2-7,9,16,19H,8H2,1H3,(H,17,18). The molecule has 2 aromatic carbocycles. The van der Waals surface area contributed by atoms with Gasteiger partial charge in [0.1, 0.15) is 0 Å². The van der Waals surface area contributed by atoms with E-state index < -0.39 is 0 Å². The van der Waals surface area contributed by atoms with Crippen LogP contribution in [0.25, 0.3) is 10.9 Å². The lowest BCUT2D eigenvalue weighted by atomic mass is 10.2. The Kier molecular flexibility index (Phi) is 3.16. The lowest BCUT2D eigenvalue weighted by Gasteiger charge is -2.09. The van der Waals surface area contributed by atoms with Crippen molar-refractivity contribution in [2.75, 3.05) is 12.4 Å². The summed E-state index contributed by atoms with van der Waals surface area (Å²) in [7, 11) is 1.53. The summed E-state index contributed by atoms with van der Waals surface area (Å²) in [5.41, 5.74) is 3.00. The number of anilines is 1. The van der Waals surface area contributed by atoms with Crippen molar-refractivity contribution in [2.45, 2.75) is 6.54 Å². The van der Waals surface area contributed by atoms with Crippen LogP contribution in [0.1, 0.15) is 5.56 Å². The predicted octanol–water partition coefficient (Wildman–Crippen LogP) is 2.89. The maximum absolute atomic E-state index is 9.74. The van der Waals surface area contributed by atoms with E-state index in [0.29, 0.717) is 12.3 Å². The zero-order chi connectivity index (χ0) is 13.9. The maximum Gasteiger partial charge on any atom is 0.160 e. The van der Waals surface area contributed by atoms with Crippen LogP contribution in [0.4, 0.5) is 5.69 Å². The van der Waals surface area contributed by atoms with Gasteiger partial charge in [0.25, 0.3) is 0 Å². The maximum atomic E-state index is 9.74. The van der Waals surface area contributed by atoms with Crippen molar-refractivity contribution >= 4 is 16.6 Å². The van der Waals surface area contributed by atoms with E-state index in [9.17, 15) is 5.11 Å². The van der Waals surface area contributed by atoms with Crippen LogP contribution in [-0.4, -0.2) is 22.4 Å². The lowest BCUT2D eigenvalue weighted by Crippen LogP contribution is -1.99. The summed E-state index contributed by atoms with van der Waals surface area (Å²) in [6.45, 7) is 0.626. The van der Waals surface area contributed by atoms with Gasteiger partial charge in [-0.05, 0) is 35.9 Å². The summed E-state index contributed by atoms with van der Waals surface area (Å²) in [4.78, 5) is 0. The molecule has 3 rings (SSSR count). The third-order valence-corrected chi connectivity index (χ3v) is 3.18. The highest BCUT2D eigenvalue weighted by Crippen LogP contribution is 2.26. The van der Waals surface area contributed by atoms with Crippen LogP contribution in [-0.2, 0) is 6.54 Å². The van der Waals surface area contributed by atoms with Gasteiger partial charge in [0, 0.05) is 17.6 Å². The van der Waals surface area contributed by atoms with Gasteiger partial charge in [-0.2, -0.15) is 5.10 Å². The first-order valence-electron chi connectivity index (χ1n) is 6.29. The molecule has 0 aliphatic rings. The van der Waals surface area contributed by atoms with Crippen molar-refractivity contribution in [1.29, 1.82) is 0 Å². The number of hydrogen-bond acceptors (Lipinski definition) is 4. The Morgan fingerprint density at radius 1 is 1.25 bits per heavy atom. The molecule has 0 aliphatic heterocycles. The smallest absolute Gasteiger partial charge is 0.160 e. The van der Waals surface area contributed by atoms with Gasteiger partial charge in [0.2, 0.25) is 0 Å². The first-order chi connectivity index (χ1) is 9.76. The van der Waals surface area contributed by atoms with E-state index in [1.54, 1.807) is 18.3 Å². The molecule has 1 aromatic heterocycles. The molecule has 3 N–H and O–H groups in total. The minimum atomic E-state index is 0.150. The van der Waals surface area contributed by atoms with Crippen molar-refractivity contribution in [1.82, 2.24) is 10.2 Å². The molecule has 0 fully saturated rings. The molecule has 3 aromatic rings. The third kappa shape index (κ3) is 2.38. The fourth-order valence-corrected chi connectivity index (χ4v) is 2.10. The van der Waals surface area contributed by atoms with Gasteiger partial charge in [-0.1, -0.05) is 6.07 Å². The van der Waals surface area contributed by atoms with Gasteiger partial charge < -0.3 is 15.2 Å². The molecule has 20 heavy (non-hydrogen) atoms. The Labute approximate surface area is 116 Å². The molecular weight excluding hydrogens is 254 g/mol. The number of hydrogen-bond donors (Lipinski definition) is 3. The van der Waals surface area contributed by atoms with Gasteiger partial charge in [0.15, 0.2) is 11.5 Å². The number of aromatic nitrogens is 2. The molecule has 0 bridgehead atoms. The molecule has 0 atom stereocenters. The normalized spacial score (nSPS) is 10.7. The number of rotatable bonds is 4. The molecule has 5 heteroatoms. The van der Waals surface area contributed by atoms with Crippen LogP contribution >= 0.6 is 0 Å². The Balaban J connectivity index is 1.73. The van der Waals surface area contributed by atoms with Crippen molar-refractivity contribution in [2.24, 2.45) is 0 Å². The summed E-state index contributed by atoms with van der Waals surface area (Å²) in [6, 6.07) is 11.4. The molecule has 0 unspecified atom stereocenters. The van der Waals surface area contributed by atoms with Crippen molar-refractivity contribution < 1.29 is 9.84 Å². The molecule has 102 valence electrons. The number of aromatic amines is 1. The number of phenolic OH excluding ortho intramolecular Hbond substituents is 1. The molecule has 0 spiro atoms. The van der Waals surface area contributed by atoms with E-state index in [1.807, 2.05) is 24.3 Å². The number of nitrogens with zero attached hydrogens (tertiary/aromatic N) is 1. The molecule has 1 heterocycles. The number of nitrogens with one attached hydrogen (secondary N) is 2. The van der Waals surface area contributed by atoms with Crippen molar-refractivity contribution in [3.05, 3.63) is 48.2 Å². The Hall–Kier alpha value is -2.69. The number of ether oxygens (including phenoxy) is 1. The fourth-order valence-electron chi connectivity index (χ4n) is 2.10. The lowest BCUT2D eigenvalue weighted by molar-refractivity contribution is 0.373. The minimum Gasteiger partial charge on any atom is -0.504 e. The molecular formula is C15H15N3O2. The van der Waals surface area contributed by atoms with Gasteiger partial charge >= 0.3 is 0 Å². The van der Waals surface area contributed by atoms with Crippen LogP contribution in [0, 0.1) is 0 Å². The molecule has 0 saturated heterocycles. The third-order valence-electron chi connectivity index (χ3n) is 3.18. The van der Waals surface area contributed by atoms with Crippen molar-refractivity contribution in [3.8, 4) is 11.5 Å². The van der Waals surface area contributed by atoms with Gasteiger partial charge in [-0.15, -0.1) is 0 Å². The first-order valence-corrected chi connectivity index (χ1v) is 6.29. The van der Waals surface area contributed by atoms with E-state index in [2.05, 4.69) is 15.5 Å². The van der Waals surface area contributed by atoms with Crippen LogP contribution < -0.4 is 10.1 Å². The number of H-pyrrole nitrogens is 1. The highest BCUT2D eigenvalue weighted by Gasteiger charge is 2.03. The number of aromatic hydroxyl groups is 1. The van der Waals surface area contributed by atoms with Gasteiger partial charge in [-0.3, -0.25) is 5.10 Å². The zero-order valence-electron chi connectivity index (χ0n) is 11.1. The molecule has 0 saturated carbocycles. The van der Waals surface area contributed by atoms with Crippen LogP contribution in [0.15, 0.2) is 42.6 Å².